The number of aliphatic hydroxyl groups is 2. The van der Waals surface area contributed by atoms with Crippen LogP contribution in [0.15, 0.2) is 78.9 Å². The van der Waals surface area contributed by atoms with Crippen molar-refractivity contribution in [3.05, 3.63) is 95.6 Å². The third-order valence-corrected chi connectivity index (χ3v) is 13.5. The van der Waals surface area contributed by atoms with Crippen LogP contribution in [0, 0.1) is 5.92 Å². The van der Waals surface area contributed by atoms with E-state index in [0.717, 1.165) is 0 Å². The topological polar surface area (TPSA) is 466 Å². The number of nitrogens with one attached hydrogen (secondary N) is 8. The van der Waals surface area contributed by atoms with E-state index in [1.807, 2.05) is 0 Å². The van der Waals surface area contributed by atoms with Gasteiger partial charge >= 0.3 is 11.9 Å². The zero-order valence-electron chi connectivity index (χ0n) is 46.6. The molecule has 20 N–H and O–H groups in total. The maximum atomic E-state index is 14.3. The Kier molecular flexibility index (Phi) is 30.2. The van der Waals surface area contributed by atoms with E-state index in [-0.39, 0.29) is 63.0 Å². The maximum Gasteiger partial charge on any atom is 0.326 e. The number of aliphatic hydroxyl groups excluding tert-OH is 2. The van der Waals surface area contributed by atoms with E-state index in [2.05, 4.69) is 42.5 Å². The Hall–Kier alpha value is -8.24. The van der Waals surface area contributed by atoms with E-state index >= 15 is 0 Å². The number of carbonyl (C=O) groups is 10. The molecule has 83 heavy (non-hydrogen) atoms. The fraction of sp³-hybridized carbons (Fsp3) is 0.500. The largest absolute Gasteiger partial charge is 0.508 e. The van der Waals surface area contributed by atoms with Gasteiger partial charge < -0.3 is 90.4 Å². The van der Waals surface area contributed by atoms with Crippen LogP contribution in [0.25, 0.3) is 0 Å². The van der Waals surface area contributed by atoms with Crippen LogP contribution in [-0.2, 0) is 67.2 Å². The molecule has 0 fully saturated rings. The van der Waals surface area contributed by atoms with Crippen LogP contribution >= 0.6 is 0 Å². The Bertz CT molecular complexity index is 2600. The third kappa shape index (κ3) is 24.4. The Balaban J connectivity index is 1.85. The molecule has 3 rings (SSSR count). The van der Waals surface area contributed by atoms with Crippen LogP contribution in [0.3, 0.4) is 0 Å². The standard InChI is InChI=1S/C56H81N11O16/c1-3-32(2)47(55(81)66-45(31-69)54(80)61-40(23-24-46(72)73)49(75)64-43(56(82)83)29-35-17-21-37(71)22-18-35)67-50(76)39(14-8-10-26-58)60-53(79)44(30-68)65-52(78)42(28-34-15-19-36(70)20-16-34)63-51(77)41(27-33-11-5-4-6-12-33)62-48(74)38(59)13-7-9-25-57/h4-6,11-12,15-22,32,38-45,47,68-71H,3,7-10,13-14,23-31,57-59H2,1-2H3,(H,60,79)(H,61,80)(H,62,74)(H,63,77)(H,64,75)(H,65,78)(H,66,81)(H,67,76)(H,72,73)(H,82,83)/t32-,38-,39-,40-,41-,42-,43-,44-,45-,47-/m0/s1. The highest BCUT2D eigenvalue weighted by Gasteiger charge is 2.36. The SMILES string of the molecule is CC[C@H](C)[C@H](NC(=O)[C@H](CCCCN)NC(=O)[C@H](CO)NC(=O)[C@H](Cc1ccc(O)cc1)NC(=O)[C@H](Cc1ccccc1)NC(=O)[C@@H](N)CCCCN)C(=O)N[C@@H](CO)C(=O)N[C@@H](CCC(=O)O)C(=O)N[C@@H](Cc1ccc(O)cc1)C(=O)O. The molecule has 0 saturated carbocycles. The Morgan fingerprint density at radius 2 is 0.819 bits per heavy atom. The molecule has 10 atom stereocenters. The number of phenolic OH excluding ortho intramolecular Hbond substituents is 2. The van der Waals surface area contributed by atoms with Gasteiger partial charge in [0.15, 0.2) is 0 Å². The number of aliphatic carboxylic acids is 2. The minimum absolute atomic E-state index is 0.0203. The van der Waals surface area contributed by atoms with Crippen LogP contribution in [0.5, 0.6) is 11.5 Å². The summed E-state index contributed by atoms with van der Waals surface area (Å²) in [6.07, 6.45) is 0.498. The molecule has 0 unspecified atom stereocenters. The van der Waals surface area contributed by atoms with Crippen molar-refractivity contribution in [1.29, 1.82) is 0 Å². The molecule has 0 aliphatic heterocycles. The number of hydrogen-bond acceptors (Lipinski definition) is 17. The highest BCUT2D eigenvalue weighted by atomic mass is 16.4. The van der Waals surface area contributed by atoms with Gasteiger partial charge in [0.2, 0.25) is 47.3 Å². The van der Waals surface area contributed by atoms with Crippen molar-refractivity contribution in [2.45, 2.75) is 145 Å². The average molecular weight is 1160 g/mol. The summed E-state index contributed by atoms with van der Waals surface area (Å²) in [7, 11) is 0. The molecule has 0 heterocycles. The normalized spacial score (nSPS) is 14.7. The summed E-state index contributed by atoms with van der Waals surface area (Å²) < 4.78 is 0. The number of benzene rings is 3. The van der Waals surface area contributed by atoms with Gasteiger partial charge in [-0.3, -0.25) is 43.2 Å². The van der Waals surface area contributed by atoms with Crippen molar-refractivity contribution in [3.8, 4) is 11.5 Å². The van der Waals surface area contributed by atoms with Gasteiger partial charge in [0.25, 0.3) is 0 Å². The van der Waals surface area contributed by atoms with Gasteiger partial charge in [-0.2, -0.15) is 0 Å². The number of nitrogens with two attached hydrogens (primary N) is 3. The molecule has 8 amide bonds. The fourth-order valence-corrected chi connectivity index (χ4v) is 8.39. The number of rotatable bonds is 38. The molecular weight excluding hydrogens is 1080 g/mol. The number of carboxylic acid groups (broad SMARTS) is 2. The summed E-state index contributed by atoms with van der Waals surface area (Å²) in [5.74, 6) is -11.5. The maximum absolute atomic E-state index is 14.3. The van der Waals surface area contributed by atoms with Crippen LogP contribution in [0.4, 0.5) is 0 Å². The first kappa shape index (κ1) is 69.0. The molecule has 3 aromatic carbocycles. The Morgan fingerprint density at radius 1 is 0.446 bits per heavy atom. The first-order valence-corrected chi connectivity index (χ1v) is 27.4. The van der Waals surface area contributed by atoms with Crippen molar-refractivity contribution in [1.82, 2.24) is 42.5 Å². The molecule has 456 valence electrons. The highest BCUT2D eigenvalue weighted by Crippen LogP contribution is 2.16. The molecule has 0 saturated heterocycles. The number of phenols is 2. The molecular formula is C56H81N11O16. The van der Waals surface area contributed by atoms with E-state index in [1.54, 1.807) is 44.2 Å². The second-order valence-corrected chi connectivity index (χ2v) is 20.0. The monoisotopic (exact) mass is 1160 g/mol. The van der Waals surface area contributed by atoms with Crippen LogP contribution < -0.4 is 59.7 Å². The molecule has 0 aliphatic carbocycles. The van der Waals surface area contributed by atoms with E-state index in [0.29, 0.717) is 42.5 Å². The molecule has 0 radical (unpaired) electrons. The fourth-order valence-electron chi connectivity index (χ4n) is 8.39. The van der Waals surface area contributed by atoms with Gasteiger partial charge in [-0.1, -0.05) is 81.3 Å². The second kappa shape index (κ2) is 36.3. The van der Waals surface area contributed by atoms with Crippen molar-refractivity contribution in [3.63, 3.8) is 0 Å². The van der Waals surface area contributed by atoms with Crippen LogP contribution in [0.2, 0.25) is 0 Å². The third-order valence-electron chi connectivity index (χ3n) is 13.5. The highest BCUT2D eigenvalue weighted by molar-refractivity contribution is 5.98. The summed E-state index contributed by atoms with van der Waals surface area (Å²) in [5, 5.41) is 79.4. The van der Waals surface area contributed by atoms with Crippen molar-refractivity contribution < 1.29 is 78.6 Å². The molecule has 0 bridgehead atoms. The lowest BCUT2D eigenvalue weighted by Crippen LogP contribution is -2.62. The second-order valence-electron chi connectivity index (χ2n) is 20.0. The van der Waals surface area contributed by atoms with Gasteiger partial charge in [-0.25, -0.2) is 4.79 Å². The van der Waals surface area contributed by atoms with E-state index in [9.17, 15) is 78.6 Å². The summed E-state index contributed by atoms with van der Waals surface area (Å²) in [4.78, 5) is 135. The van der Waals surface area contributed by atoms with Crippen molar-refractivity contribution in [2.24, 2.45) is 23.1 Å². The molecule has 0 aromatic heterocycles. The minimum atomic E-state index is -1.82. The molecule has 0 aliphatic rings. The quantitative estimate of drug-likeness (QED) is 0.0265. The van der Waals surface area contributed by atoms with Gasteiger partial charge in [-0.15, -0.1) is 0 Å². The zero-order valence-corrected chi connectivity index (χ0v) is 46.6. The summed E-state index contributed by atoms with van der Waals surface area (Å²) >= 11 is 0. The molecule has 3 aromatic rings. The predicted octanol–water partition coefficient (Wildman–Crippen LogP) is -2.43. The Labute approximate surface area is 480 Å². The lowest BCUT2D eigenvalue weighted by atomic mass is 9.97. The van der Waals surface area contributed by atoms with Gasteiger partial charge in [-0.05, 0) is 98.5 Å². The molecule has 27 heteroatoms. The summed E-state index contributed by atoms with van der Waals surface area (Å²) in [5.41, 5.74) is 19.0. The number of carbonyl (C=O) groups excluding carboxylic acids is 8. The zero-order chi connectivity index (χ0) is 61.6. The smallest absolute Gasteiger partial charge is 0.326 e. The van der Waals surface area contributed by atoms with E-state index in [4.69, 9.17) is 17.2 Å². The molecule has 27 nitrogen and oxygen atoms in total. The lowest BCUT2D eigenvalue weighted by molar-refractivity contribution is -0.143. The lowest BCUT2D eigenvalue weighted by Gasteiger charge is -2.29. The van der Waals surface area contributed by atoms with Crippen molar-refractivity contribution in [2.75, 3.05) is 26.3 Å². The number of unbranched alkanes of at least 4 members (excludes halogenated alkanes) is 2. The average Bonchev–Trinajstić information content (AvgIpc) is 3.59. The number of carboxylic acids is 2. The molecule has 0 spiro atoms. The van der Waals surface area contributed by atoms with E-state index in [1.165, 1.54) is 48.5 Å². The Morgan fingerprint density at radius 3 is 1.28 bits per heavy atom. The first-order chi connectivity index (χ1) is 39.5. The summed E-state index contributed by atoms with van der Waals surface area (Å²) in [6, 6.07) is 6.32. The first-order valence-electron chi connectivity index (χ1n) is 27.4. The summed E-state index contributed by atoms with van der Waals surface area (Å²) in [6.45, 7) is 1.73. The minimum Gasteiger partial charge on any atom is -0.508 e. The van der Waals surface area contributed by atoms with Crippen LogP contribution in [0.1, 0.15) is 88.3 Å². The van der Waals surface area contributed by atoms with Gasteiger partial charge in [0.05, 0.1) is 19.3 Å². The van der Waals surface area contributed by atoms with Crippen LogP contribution in [-0.4, -0.2) is 171 Å². The number of amides is 8. The van der Waals surface area contributed by atoms with E-state index < -0.39 is 146 Å². The number of hydrogen-bond donors (Lipinski definition) is 17. The van der Waals surface area contributed by atoms with Crippen molar-refractivity contribution >= 4 is 59.2 Å². The van der Waals surface area contributed by atoms with Gasteiger partial charge in [0, 0.05) is 25.7 Å². The number of aromatic hydroxyl groups is 2. The predicted molar refractivity (Wildman–Crippen MR) is 301 cm³/mol. The van der Waals surface area contributed by atoms with Gasteiger partial charge in [0.1, 0.15) is 59.8 Å².